The van der Waals surface area contributed by atoms with E-state index in [0.717, 1.165) is 6.07 Å². The average Bonchev–Trinajstić information content (AvgIpc) is 2.11. The van der Waals surface area contributed by atoms with Crippen molar-refractivity contribution in [3.8, 4) is 0 Å². The van der Waals surface area contributed by atoms with Gasteiger partial charge >= 0.3 is 0 Å². The molecule has 80 valence electrons. The molecule has 0 atom stereocenters. The molecule has 3 heteroatoms. The lowest BCUT2D eigenvalue weighted by Crippen LogP contribution is -2.28. The summed E-state index contributed by atoms with van der Waals surface area (Å²) in [5, 5.41) is 0. The van der Waals surface area contributed by atoms with E-state index in [9.17, 15) is 13.6 Å². The highest BCUT2D eigenvalue weighted by Gasteiger charge is 2.34. The molecule has 1 aromatic rings. The maximum atomic E-state index is 13.5. The summed E-state index contributed by atoms with van der Waals surface area (Å²) in [6.45, 7) is 3.80. The molecule has 0 fully saturated rings. The first kappa shape index (κ1) is 10.3. The van der Waals surface area contributed by atoms with Crippen LogP contribution >= 0.6 is 0 Å². The predicted molar refractivity (Wildman–Crippen MR) is 52.9 cm³/mol. The number of benzene rings is 1. The molecular weight excluding hydrogens is 198 g/mol. The zero-order chi connectivity index (χ0) is 11.2. The zero-order valence-electron chi connectivity index (χ0n) is 8.73. The third-order valence-corrected chi connectivity index (χ3v) is 3.04. The van der Waals surface area contributed by atoms with Gasteiger partial charge in [0.1, 0.15) is 11.6 Å². The van der Waals surface area contributed by atoms with Crippen molar-refractivity contribution in [1.82, 2.24) is 0 Å². The largest absolute Gasteiger partial charge is 0.294 e. The lowest BCUT2D eigenvalue weighted by atomic mass is 9.72. The molecule has 1 aromatic carbocycles. The molecule has 0 unspecified atom stereocenters. The second-order valence-electron chi connectivity index (χ2n) is 4.62. The van der Waals surface area contributed by atoms with Crippen molar-refractivity contribution < 1.29 is 13.6 Å². The number of halogens is 2. The normalized spacial score (nSPS) is 18.8. The monoisotopic (exact) mass is 210 g/mol. The van der Waals surface area contributed by atoms with Gasteiger partial charge in [0.25, 0.3) is 0 Å². The van der Waals surface area contributed by atoms with Crippen LogP contribution in [0.15, 0.2) is 12.1 Å². The first-order valence-corrected chi connectivity index (χ1v) is 4.94. The molecule has 0 saturated heterocycles. The number of carbonyl (C=O) groups is 1. The summed E-state index contributed by atoms with van der Waals surface area (Å²) < 4.78 is 26.5. The Labute approximate surface area is 87.1 Å². The maximum Gasteiger partial charge on any atom is 0.166 e. The van der Waals surface area contributed by atoms with Crippen molar-refractivity contribution >= 4 is 5.78 Å². The molecule has 0 bridgehead atoms. The molecule has 0 radical (unpaired) electrons. The van der Waals surface area contributed by atoms with Gasteiger partial charge in [0.2, 0.25) is 0 Å². The fourth-order valence-electron chi connectivity index (χ4n) is 2.08. The molecule has 1 aliphatic rings. The van der Waals surface area contributed by atoms with Gasteiger partial charge in [0, 0.05) is 12.5 Å². The van der Waals surface area contributed by atoms with Crippen molar-refractivity contribution in [2.24, 2.45) is 0 Å². The molecule has 15 heavy (non-hydrogen) atoms. The molecule has 0 aromatic heterocycles. The SMILES string of the molecule is CC1(C)CCC(=O)c2c(F)cc(F)cc21. The minimum absolute atomic E-state index is 0.0765. The Balaban J connectivity index is 2.73. The lowest BCUT2D eigenvalue weighted by molar-refractivity contribution is 0.0951. The van der Waals surface area contributed by atoms with Gasteiger partial charge in [-0.2, -0.15) is 0 Å². The van der Waals surface area contributed by atoms with Crippen molar-refractivity contribution in [2.45, 2.75) is 32.1 Å². The highest BCUT2D eigenvalue weighted by molar-refractivity contribution is 5.99. The van der Waals surface area contributed by atoms with E-state index in [2.05, 4.69) is 0 Å². The highest BCUT2D eigenvalue weighted by atomic mass is 19.1. The molecule has 0 aliphatic heterocycles. The van der Waals surface area contributed by atoms with E-state index < -0.39 is 11.6 Å². The van der Waals surface area contributed by atoms with Crippen molar-refractivity contribution in [3.05, 3.63) is 34.9 Å². The van der Waals surface area contributed by atoms with Crippen molar-refractivity contribution in [2.75, 3.05) is 0 Å². The Morgan fingerprint density at radius 3 is 2.60 bits per heavy atom. The Hall–Kier alpha value is -1.25. The second-order valence-corrected chi connectivity index (χ2v) is 4.62. The maximum absolute atomic E-state index is 13.5. The van der Waals surface area contributed by atoms with Crippen LogP contribution in [0.4, 0.5) is 8.78 Å². The second kappa shape index (κ2) is 3.12. The van der Waals surface area contributed by atoms with Crippen LogP contribution in [0.5, 0.6) is 0 Å². The number of carbonyl (C=O) groups excluding carboxylic acids is 1. The van der Waals surface area contributed by atoms with Crippen LogP contribution in [-0.2, 0) is 5.41 Å². The number of Topliss-reactive ketones (excluding diaryl/α,β-unsaturated/α-hetero) is 1. The first-order valence-electron chi connectivity index (χ1n) is 4.94. The van der Waals surface area contributed by atoms with E-state index in [0.29, 0.717) is 18.4 Å². The van der Waals surface area contributed by atoms with E-state index in [4.69, 9.17) is 0 Å². The van der Waals surface area contributed by atoms with Gasteiger partial charge in [-0.15, -0.1) is 0 Å². The third kappa shape index (κ3) is 1.56. The Kier molecular flexibility index (Phi) is 2.14. The number of hydrogen-bond acceptors (Lipinski definition) is 1. The van der Waals surface area contributed by atoms with Crippen LogP contribution in [0.1, 0.15) is 42.6 Å². The molecular formula is C12H12F2O. The summed E-state index contributed by atoms with van der Waals surface area (Å²) >= 11 is 0. The van der Waals surface area contributed by atoms with Crippen LogP contribution in [0.2, 0.25) is 0 Å². The zero-order valence-corrected chi connectivity index (χ0v) is 8.73. The summed E-state index contributed by atoms with van der Waals surface area (Å²) in [6, 6.07) is 2.05. The number of hydrogen-bond donors (Lipinski definition) is 0. The van der Waals surface area contributed by atoms with Crippen LogP contribution < -0.4 is 0 Å². The quantitative estimate of drug-likeness (QED) is 0.642. The van der Waals surface area contributed by atoms with Crippen molar-refractivity contribution in [3.63, 3.8) is 0 Å². The van der Waals surface area contributed by atoms with Gasteiger partial charge < -0.3 is 0 Å². The molecule has 0 amide bonds. The Morgan fingerprint density at radius 2 is 1.93 bits per heavy atom. The lowest BCUT2D eigenvalue weighted by Gasteiger charge is -2.31. The molecule has 0 spiro atoms. The number of ketones is 1. The minimum Gasteiger partial charge on any atom is -0.294 e. The van der Waals surface area contributed by atoms with Crippen LogP contribution in [-0.4, -0.2) is 5.78 Å². The minimum atomic E-state index is -0.734. The van der Waals surface area contributed by atoms with Crippen LogP contribution in [0.3, 0.4) is 0 Å². The summed E-state index contributed by atoms with van der Waals surface area (Å²) in [7, 11) is 0. The highest BCUT2D eigenvalue weighted by Crippen LogP contribution is 2.38. The summed E-state index contributed by atoms with van der Waals surface area (Å²) in [5.74, 6) is -1.57. The number of fused-ring (bicyclic) bond motifs is 1. The van der Waals surface area contributed by atoms with Crippen molar-refractivity contribution in [1.29, 1.82) is 0 Å². The van der Waals surface area contributed by atoms with Crippen LogP contribution in [0.25, 0.3) is 0 Å². The van der Waals surface area contributed by atoms with Gasteiger partial charge in [-0.3, -0.25) is 4.79 Å². The van der Waals surface area contributed by atoms with Crippen LogP contribution in [0, 0.1) is 11.6 Å². The average molecular weight is 210 g/mol. The summed E-state index contributed by atoms with van der Waals surface area (Å²) in [6.07, 6.45) is 0.976. The van der Waals surface area contributed by atoms with Gasteiger partial charge in [0.05, 0.1) is 5.56 Å². The molecule has 0 N–H and O–H groups in total. The number of rotatable bonds is 0. The molecule has 1 aliphatic carbocycles. The smallest absolute Gasteiger partial charge is 0.166 e. The standard InChI is InChI=1S/C12H12F2O/c1-12(2)4-3-10(15)11-8(12)5-7(13)6-9(11)14/h5-6H,3-4H2,1-2H3. The summed E-state index contributed by atoms with van der Waals surface area (Å²) in [4.78, 5) is 11.5. The van der Waals surface area contributed by atoms with Gasteiger partial charge in [-0.25, -0.2) is 8.78 Å². The fourth-order valence-corrected chi connectivity index (χ4v) is 2.08. The van der Waals surface area contributed by atoms with Gasteiger partial charge in [-0.1, -0.05) is 13.8 Å². The van der Waals surface area contributed by atoms with E-state index in [1.165, 1.54) is 6.07 Å². The molecule has 0 heterocycles. The summed E-state index contributed by atoms with van der Waals surface area (Å²) in [5.41, 5.74) is 0.246. The predicted octanol–water partition coefficient (Wildman–Crippen LogP) is 3.22. The van der Waals surface area contributed by atoms with Gasteiger partial charge in [0.15, 0.2) is 5.78 Å². The topological polar surface area (TPSA) is 17.1 Å². The van der Waals surface area contributed by atoms with E-state index >= 15 is 0 Å². The van der Waals surface area contributed by atoms with E-state index in [1.807, 2.05) is 13.8 Å². The Bertz CT molecular complexity index is 435. The molecule has 1 nitrogen and oxygen atoms in total. The first-order chi connectivity index (χ1) is 6.92. The third-order valence-electron chi connectivity index (χ3n) is 3.04. The van der Waals surface area contributed by atoms with E-state index in [1.54, 1.807) is 0 Å². The van der Waals surface area contributed by atoms with Gasteiger partial charge in [-0.05, 0) is 23.5 Å². The molecule has 2 rings (SSSR count). The molecule has 0 saturated carbocycles. The fraction of sp³-hybridized carbons (Fsp3) is 0.417. The van der Waals surface area contributed by atoms with E-state index in [-0.39, 0.29) is 16.8 Å². The Morgan fingerprint density at radius 1 is 1.27 bits per heavy atom.